The Kier molecular flexibility index (Phi) is 6.36. The van der Waals surface area contributed by atoms with Crippen molar-refractivity contribution in [2.45, 2.75) is 33.3 Å². The second-order valence-electron chi connectivity index (χ2n) is 5.75. The molecule has 7 heteroatoms. The summed E-state index contributed by atoms with van der Waals surface area (Å²) in [5.41, 5.74) is -0.340. The van der Waals surface area contributed by atoms with Crippen LogP contribution < -0.4 is 9.64 Å². The van der Waals surface area contributed by atoms with Crippen LogP contribution in [0, 0.1) is 5.82 Å². The standard InChI is InChI=1S/C16H22FNO5/c1-6-21-14(19)10-22-13-8-7-11(9-12(13)17)18(5)15(20)23-16(2,3)4/h7-9H,6,10H2,1-5H3. The molecule has 0 unspecified atom stereocenters. The van der Waals surface area contributed by atoms with Crippen LogP contribution in [0.25, 0.3) is 0 Å². The fourth-order valence-corrected chi connectivity index (χ4v) is 1.59. The highest BCUT2D eigenvalue weighted by atomic mass is 19.1. The lowest BCUT2D eigenvalue weighted by Gasteiger charge is -2.24. The first-order valence-electron chi connectivity index (χ1n) is 7.18. The first-order chi connectivity index (χ1) is 10.6. The average molecular weight is 327 g/mol. The summed E-state index contributed by atoms with van der Waals surface area (Å²) in [7, 11) is 1.47. The Morgan fingerprint density at radius 3 is 2.43 bits per heavy atom. The predicted octanol–water partition coefficient (Wildman–Crippen LogP) is 3.14. The van der Waals surface area contributed by atoms with Gasteiger partial charge in [-0.3, -0.25) is 4.90 Å². The summed E-state index contributed by atoms with van der Waals surface area (Å²) < 4.78 is 28.9. The molecule has 1 aromatic carbocycles. The van der Waals surface area contributed by atoms with Gasteiger partial charge in [0.2, 0.25) is 0 Å². The number of hydrogen-bond acceptors (Lipinski definition) is 5. The normalized spacial score (nSPS) is 10.9. The van der Waals surface area contributed by atoms with Gasteiger partial charge in [0.25, 0.3) is 0 Å². The van der Waals surface area contributed by atoms with Gasteiger partial charge in [0, 0.05) is 18.8 Å². The fourth-order valence-electron chi connectivity index (χ4n) is 1.59. The van der Waals surface area contributed by atoms with Crippen LogP contribution in [-0.2, 0) is 14.3 Å². The van der Waals surface area contributed by atoms with E-state index >= 15 is 0 Å². The molecule has 0 aromatic heterocycles. The molecule has 0 spiro atoms. The lowest BCUT2D eigenvalue weighted by molar-refractivity contribution is -0.145. The number of carbonyl (C=O) groups is 2. The summed E-state index contributed by atoms with van der Waals surface area (Å²) in [6.45, 7) is 6.74. The number of rotatable bonds is 5. The van der Waals surface area contributed by atoms with E-state index in [1.54, 1.807) is 27.7 Å². The highest BCUT2D eigenvalue weighted by Crippen LogP contribution is 2.24. The molecule has 0 saturated carbocycles. The minimum absolute atomic E-state index is 0.0978. The van der Waals surface area contributed by atoms with Crippen LogP contribution in [0.4, 0.5) is 14.9 Å². The number of anilines is 1. The van der Waals surface area contributed by atoms with E-state index in [2.05, 4.69) is 4.74 Å². The van der Waals surface area contributed by atoms with Crippen LogP contribution in [0.1, 0.15) is 27.7 Å². The molecule has 0 aliphatic heterocycles. The topological polar surface area (TPSA) is 65.1 Å². The Morgan fingerprint density at radius 1 is 1.26 bits per heavy atom. The van der Waals surface area contributed by atoms with Gasteiger partial charge >= 0.3 is 12.1 Å². The van der Waals surface area contributed by atoms with Crippen molar-refractivity contribution in [3.05, 3.63) is 24.0 Å². The van der Waals surface area contributed by atoms with Crippen molar-refractivity contribution in [1.29, 1.82) is 0 Å². The number of ether oxygens (including phenoxy) is 3. The van der Waals surface area contributed by atoms with Crippen molar-refractivity contribution < 1.29 is 28.2 Å². The maximum Gasteiger partial charge on any atom is 0.414 e. The molecule has 0 radical (unpaired) electrons. The summed E-state index contributed by atoms with van der Waals surface area (Å²) >= 11 is 0. The zero-order valence-corrected chi connectivity index (χ0v) is 14.0. The van der Waals surface area contributed by atoms with Gasteiger partial charge in [0.15, 0.2) is 18.2 Å². The van der Waals surface area contributed by atoms with E-state index in [1.807, 2.05) is 0 Å². The van der Waals surface area contributed by atoms with E-state index in [0.717, 1.165) is 6.07 Å². The second kappa shape index (κ2) is 7.80. The Balaban J connectivity index is 2.75. The monoisotopic (exact) mass is 327 g/mol. The van der Waals surface area contributed by atoms with E-state index in [4.69, 9.17) is 9.47 Å². The van der Waals surface area contributed by atoms with E-state index in [9.17, 15) is 14.0 Å². The molecule has 0 bridgehead atoms. The van der Waals surface area contributed by atoms with Crippen molar-refractivity contribution in [3.63, 3.8) is 0 Å². The third-order valence-electron chi connectivity index (χ3n) is 2.62. The van der Waals surface area contributed by atoms with Crippen LogP contribution in [0.5, 0.6) is 5.75 Å². The van der Waals surface area contributed by atoms with Gasteiger partial charge in [-0.1, -0.05) is 0 Å². The van der Waals surface area contributed by atoms with Crippen LogP contribution >= 0.6 is 0 Å². The van der Waals surface area contributed by atoms with Gasteiger partial charge in [0.1, 0.15) is 5.60 Å². The maximum atomic E-state index is 14.0. The zero-order valence-electron chi connectivity index (χ0n) is 14.0. The van der Waals surface area contributed by atoms with Crippen molar-refractivity contribution in [3.8, 4) is 5.75 Å². The van der Waals surface area contributed by atoms with Crippen molar-refractivity contribution >= 4 is 17.7 Å². The van der Waals surface area contributed by atoms with Crippen LogP contribution in [0.15, 0.2) is 18.2 Å². The highest BCUT2D eigenvalue weighted by Gasteiger charge is 2.21. The second-order valence-corrected chi connectivity index (χ2v) is 5.75. The van der Waals surface area contributed by atoms with Crippen molar-refractivity contribution in [2.24, 2.45) is 0 Å². The molecule has 0 saturated heterocycles. The number of hydrogen-bond donors (Lipinski definition) is 0. The Morgan fingerprint density at radius 2 is 1.91 bits per heavy atom. The minimum atomic E-state index is -0.692. The van der Waals surface area contributed by atoms with Crippen LogP contribution in [0.2, 0.25) is 0 Å². The van der Waals surface area contributed by atoms with Gasteiger partial charge in [-0.2, -0.15) is 0 Å². The van der Waals surface area contributed by atoms with Gasteiger partial charge in [-0.25, -0.2) is 14.0 Å². The quantitative estimate of drug-likeness (QED) is 0.777. The molecule has 1 rings (SSSR count). The summed E-state index contributed by atoms with van der Waals surface area (Å²) in [6, 6.07) is 3.96. The molecule has 0 atom stereocenters. The number of carbonyl (C=O) groups excluding carboxylic acids is 2. The van der Waals surface area contributed by atoms with Crippen LogP contribution in [0.3, 0.4) is 0 Å². The maximum absolute atomic E-state index is 14.0. The molecule has 6 nitrogen and oxygen atoms in total. The molecular formula is C16H22FNO5. The summed E-state index contributed by atoms with van der Waals surface area (Å²) in [6.07, 6.45) is -0.600. The third kappa shape index (κ3) is 6.14. The Hall–Kier alpha value is -2.31. The SMILES string of the molecule is CCOC(=O)COc1ccc(N(C)C(=O)OC(C)(C)C)cc1F. The van der Waals surface area contributed by atoms with Crippen LogP contribution in [-0.4, -0.2) is 37.9 Å². The lowest BCUT2D eigenvalue weighted by atomic mass is 10.2. The number of nitrogens with zero attached hydrogens (tertiary/aromatic N) is 1. The van der Waals surface area contributed by atoms with E-state index in [1.165, 1.54) is 24.1 Å². The van der Waals surface area contributed by atoms with Crippen molar-refractivity contribution in [2.75, 3.05) is 25.2 Å². The molecule has 0 fully saturated rings. The summed E-state index contributed by atoms with van der Waals surface area (Å²) in [5.74, 6) is -1.37. The van der Waals surface area contributed by atoms with E-state index < -0.39 is 23.5 Å². The summed E-state index contributed by atoms with van der Waals surface area (Å²) in [5, 5.41) is 0. The third-order valence-corrected chi connectivity index (χ3v) is 2.62. The van der Waals surface area contributed by atoms with Gasteiger partial charge in [-0.05, 0) is 39.8 Å². The first kappa shape index (κ1) is 18.7. The molecule has 1 aromatic rings. The molecule has 1 amide bonds. The molecule has 128 valence electrons. The number of esters is 1. The average Bonchev–Trinajstić information content (AvgIpc) is 2.43. The number of amides is 1. The molecule has 0 N–H and O–H groups in total. The molecule has 23 heavy (non-hydrogen) atoms. The van der Waals surface area contributed by atoms with E-state index in [0.29, 0.717) is 5.69 Å². The zero-order chi connectivity index (χ0) is 17.6. The smallest absolute Gasteiger partial charge is 0.414 e. The molecule has 0 heterocycles. The van der Waals surface area contributed by atoms with E-state index in [-0.39, 0.29) is 19.0 Å². The minimum Gasteiger partial charge on any atom is -0.479 e. The first-order valence-corrected chi connectivity index (χ1v) is 7.18. The fraction of sp³-hybridized carbons (Fsp3) is 0.500. The Labute approximate surface area is 135 Å². The molecule has 0 aliphatic carbocycles. The van der Waals surface area contributed by atoms with Gasteiger partial charge in [0.05, 0.1) is 6.61 Å². The molecule has 0 aliphatic rings. The lowest BCUT2D eigenvalue weighted by Crippen LogP contribution is -2.34. The Bertz CT molecular complexity index is 568. The van der Waals surface area contributed by atoms with Gasteiger partial charge in [-0.15, -0.1) is 0 Å². The number of benzene rings is 1. The highest BCUT2D eigenvalue weighted by molar-refractivity contribution is 5.87. The predicted molar refractivity (Wildman–Crippen MR) is 83.2 cm³/mol. The van der Waals surface area contributed by atoms with Gasteiger partial charge < -0.3 is 14.2 Å². The largest absolute Gasteiger partial charge is 0.479 e. The van der Waals surface area contributed by atoms with Crippen molar-refractivity contribution in [1.82, 2.24) is 0 Å². The number of halogens is 1. The molecular weight excluding hydrogens is 305 g/mol. The summed E-state index contributed by atoms with van der Waals surface area (Å²) in [4.78, 5) is 24.3.